The second-order valence-corrected chi connectivity index (χ2v) is 7.17. The molecule has 4 aromatic rings. The van der Waals surface area contributed by atoms with E-state index in [0.29, 0.717) is 22.9 Å². The number of hydrogen-bond donors (Lipinski definition) is 2. The lowest BCUT2D eigenvalue weighted by Gasteiger charge is -2.36. The van der Waals surface area contributed by atoms with Crippen LogP contribution in [0.2, 0.25) is 0 Å². The van der Waals surface area contributed by atoms with E-state index in [9.17, 15) is 4.39 Å². The number of nitrogens with zero attached hydrogens (tertiary/aromatic N) is 6. The molecule has 2 aromatic heterocycles. The van der Waals surface area contributed by atoms with Gasteiger partial charge in [0.25, 0.3) is 0 Å². The van der Waals surface area contributed by atoms with Gasteiger partial charge in [-0.1, -0.05) is 0 Å². The van der Waals surface area contributed by atoms with Crippen LogP contribution in [0, 0.1) is 5.82 Å². The van der Waals surface area contributed by atoms with Gasteiger partial charge in [0, 0.05) is 37.6 Å². The van der Waals surface area contributed by atoms with Crippen LogP contribution in [0.15, 0.2) is 48.5 Å². The Morgan fingerprint density at radius 1 is 0.903 bits per heavy atom. The third-order valence-corrected chi connectivity index (χ3v) is 5.28. The van der Waals surface area contributed by atoms with Crippen molar-refractivity contribution in [3.05, 3.63) is 54.3 Å². The molecule has 158 valence electrons. The number of benzene rings is 2. The minimum atomic E-state index is -0.228. The second kappa shape index (κ2) is 8.05. The van der Waals surface area contributed by atoms with Crippen LogP contribution in [0.3, 0.4) is 0 Å². The van der Waals surface area contributed by atoms with Gasteiger partial charge < -0.3 is 19.9 Å². The van der Waals surface area contributed by atoms with Crippen LogP contribution >= 0.6 is 0 Å². The first-order valence-corrected chi connectivity index (χ1v) is 9.95. The Labute approximate surface area is 177 Å². The van der Waals surface area contributed by atoms with E-state index >= 15 is 0 Å². The number of aromatic nitrogens is 5. The van der Waals surface area contributed by atoms with Crippen molar-refractivity contribution < 1.29 is 9.13 Å². The number of ether oxygens (including phenoxy) is 1. The highest BCUT2D eigenvalue weighted by molar-refractivity contribution is 5.85. The average molecular weight is 420 g/mol. The Kier molecular flexibility index (Phi) is 4.95. The summed E-state index contributed by atoms with van der Waals surface area (Å²) in [4.78, 5) is 13.6. The van der Waals surface area contributed by atoms with Crippen molar-refractivity contribution in [2.24, 2.45) is 0 Å². The zero-order valence-corrected chi connectivity index (χ0v) is 16.9. The van der Waals surface area contributed by atoms with E-state index in [-0.39, 0.29) is 5.82 Å². The Morgan fingerprint density at radius 2 is 1.61 bits per heavy atom. The molecule has 5 rings (SSSR count). The summed E-state index contributed by atoms with van der Waals surface area (Å²) < 4.78 is 18.4. The number of aromatic amines is 1. The molecule has 1 aliphatic heterocycles. The van der Waals surface area contributed by atoms with Crippen molar-refractivity contribution in [3.8, 4) is 5.75 Å². The van der Waals surface area contributed by atoms with Crippen molar-refractivity contribution in [3.63, 3.8) is 0 Å². The SMILES string of the molecule is COc1ccc(Nc2nc(N3CCN(c4ccc(F)cc4)CC3)nc3n[nH]nc23)cc1. The summed E-state index contributed by atoms with van der Waals surface area (Å²) in [6.45, 7) is 3.05. The normalized spacial score (nSPS) is 14.1. The summed E-state index contributed by atoms with van der Waals surface area (Å²) >= 11 is 0. The standard InChI is InChI=1S/C21H21FN8O/c1-31-17-8-4-15(5-9-17)23-19-18-20(27-28-26-18)25-21(24-19)30-12-10-29(11-13-30)16-6-2-14(22)3-7-16/h2-9H,10-13H2,1H3,(H2,23,24,25,26,27,28). The fourth-order valence-corrected chi connectivity index (χ4v) is 3.59. The first kappa shape index (κ1) is 19.0. The summed E-state index contributed by atoms with van der Waals surface area (Å²) in [5, 5.41) is 14.3. The van der Waals surface area contributed by atoms with E-state index < -0.39 is 0 Å². The number of halogens is 1. The van der Waals surface area contributed by atoms with Crippen molar-refractivity contribution in [1.29, 1.82) is 0 Å². The van der Waals surface area contributed by atoms with Crippen molar-refractivity contribution >= 4 is 34.3 Å². The van der Waals surface area contributed by atoms with Crippen LogP contribution in [0.5, 0.6) is 5.75 Å². The van der Waals surface area contributed by atoms with Gasteiger partial charge in [0.05, 0.1) is 7.11 Å². The van der Waals surface area contributed by atoms with Gasteiger partial charge in [0.2, 0.25) is 11.6 Å². The highest BCUT2D eigenvalue weighted by Gasteiger charge is 2.22. The molecule has 1 fully saturated rings. The van der Waals surface area contributed by atoms with Gasteiger partial charge in [-0.3, -0.25) is 0 Å². The molecule has 0 bridgehead atoms. The van der Waals surface area contributed by atoms with Gasteiger partial charge in [-0.05, 0) is 48.5 Å². The van der Waals surface area contributed by atoms with E-state index in [1.54, 1.807) is 19.2 Å². The smallest absolute Gasteiger partial charge is 0.229 e. The van der Waals surface area contributed by atoms with Crippen LogP contribution in [-0.4, -0.2) is 58.7 Å². The summed E-state index contributed by atoms with van der Waals surface area (Å²) in [6, 6.07) is 14.2. The third kappa shape index (κ3) is 3.91. The van der Waals surface area contributed by atoms with Crippen LogP contribution < -0.4 is 19.9 Å². The summed E-state index contributed by atoms with van der Waals surface area (Å²) in [5.74, 6) is 1.73. The van der Waals surface area contributed by atoms with E-state index in [4.69, 9.17) is 9.72 Å². The molecular formula is C21H21FN8O. The lowest BCUT2D eigenvalue weighted by atomic mass is 10.2. The minimum Gasteiger partial charge on any atom is -0.497 e. The van der Waals surface area contributed by atoms with Gasteiger partial charge in [0.15, 0.2) is 11.3 Å². The van der Waals surface area contributed by atoms with E-state index in [1.807, 2.05) is 24.3 Å². The topological polar surface area (TPSA) is 95.1 Å². The maximum Gasteiger partial charge on any atom is 0.229 e. The molecular weight excluding hydrogens is 399 g/mol. The Bertz CT molecular complexity index is 1170. The zero-order valence-electron chi connectivity index (χ0n) is 16.9. The number of piperazine rings is 1. The third-order valence-electron chi connectivity index (χ3n) is 5.28. The molecule has 31 heavy (non-hydrogen) atoms. The molecule has 2 N–H and O–H groups in total. The number of rotatable bonds is 5. The number of anilines is 4. The fraction of sp³-hybridized carbons (Fsp3) is 0.238. The van der Waals surface area contributed by atoms with Crippen molar-refractivity contribution in [1.82, 2.24) is 25.4 Å². The highest BCUT2D eigenvalue weighted by atomic mass is 19.1. The van der Waals surface area contributed by atoms with Crippen LogP contribution in [0.4, 0.5) is 27.5 Å². The largest absolute Gasteiger partial charge is 0.497 e. The van der Waals surface area contributed by atoms with Gasteiger partial charge in [-0.2, -0.15) is 20.3 Å². The quantitative estimate of drug-likeness (QED) is 0.509. The van der Waals surface area contributed by atoms with E-state index in [0.717, 1.165) is 43.3 Å². The molecule has 1 aliphatic rings. The molecule has 0 radical (unpaired) electrons. The zero-order chi connectivity index (χ0) is 21.2. The number of fused-ring (bicyclic) bond motifs is 1. The first-order chi connectivity index (χ1) is 15.2. The van der Waals surface area contributed by atoms with Gasteiger partial charge in [0.1, 0.15) is 11.6 Å². The molecule has 0 amide bonds. The molecule has 2 aromatic carbocycles. The Balaban J connectivity index is 1.36. The highest BCUT2D eigenvalue weighted by Crippen LogP contribution is 2.26. The molecule has 9 nitrogen and oxygen atoms in total. The fourth-order valence-electron chi connectivity index (χ4n) is 3.59. The average Bonchev–Trinajstić information content (AvgIpc) is 3.29. The number of methoxy groups -OCH3 is 1. The lowest BCUT2D eigenvalue weighted by molar-refractivity contribution is 0.415. The molecule has 1 saturated heterocycles. The Morgan fingerprint density at radius 3 is 2.32 bits per heavy atom. The lowest BCUT2D eigenvalue weighted by Crippen LogP contribution is -2.47. The minimum absolute atomic E-state index is 0.228. The van der Waals surface area contributed by atoms with Crippen molar-refractivity contribution in [2.75, 3.05) is 48.4 Å². The van der Waals surface area contributed by atoms with Crippen LogP contribution in [0.1, 0.15) is 0 Å². The predicted molar refractivity (Wildman–Crippen MR) is 117 cm³/mol. The summed E-state index contributed by atoms with van der Waals surface area (Å²) in [5.41, 5.74) is 2.94. The Hall–Kier alpha value is -3.95. The summed E-state index contributed by atoms with van der Waals surface area (Å²) in [6.07, 6.45) is 0. The first-order valence-electron chi connectivity index (χ1n) is 9.95. The molecule has 10 heteroatoms. The summed E-state index contributed by atoms with van der Waals surface area (Å²) in [7, 11) is 1.63. The van der Waals surface area contributed by atoms with E-state index in [2.05, 4.69) is 35.5 Å². The van der Waals surface area contributed by atoms with Crippen LogP contribution in [-0.2, 0) is 0 Å². The number of hydrogen-bond acceptors (Lipinski definition) is 8. The molecule has 0 atom stereocenters. The van der Waals surface area contributed by atoms with Gasteiger partial charge in [-0.15, -0.1) is 5.10 Å². The molecule has 0 saturated carbocycles. The molecule has 0 spiro atoms. The van der Waals surface area contributed by atoms with E-state index in [1.165, 1.54) is 12.1 Å². The van der Waals surface area contributed by atoms with Crippen LogP contribution in [0.25, 0.3) is 11.2 Å². The van der Waals surface area contributed by atoms with Gasteiger partial charge >= 0.3 is 0 Å². The number of nitrogens with one attached hydrogen (secondary N) is 2. The monoisotopic (exact) mass is 420 g/mol. The number of H-pyrrole nitrogens is 1. The van der Waals surface area contributed by atoms with Gasteiger partial charge in [-0.25, -0.2) is 4.39 Å². The second-order valence-electron chi connectivity index (χ2n) is 7.17. The molecule has 0 unspecified atom stereocenters. The molecule has 0 aliphatic carbocycles. The van der Waals surface area contributed by atoms with Crippen molar-refractivity contribution in [2.45, 2.75) is 0 Å². The molecule has 3 heterocycles. The predicted octanol–water partition coefficient (Wildman–Crippen LogP) is 2.97. The maximum absolute atomic E-state index is 13.2. The maximum atomic E-state index is 13.2.